The number of hydrogen-bond donors (Lipinski definition) is 0. The quantitative estimate of drug-likeness (QED) is 0.587. The summed E-state index contributed by atoms with van der Waals surface area (Å²) in [6.07, 6.45) is 0. The van der Waals surface area contributed by atoms with Crippen LogP contribution < -0.4 is 0 Å². The van der Waals surface area contributed by atoms with Crippen LogP contribution in [0.3, 0.4) is 0 Å². The number of rotatable bonds is 0. The number of benzene rings is 2. The van der Waals surface area contributed by atoms with Crippen molar-refractivity contribution >= 4 is 22.4 Å². The smallest absolute Gasteiger partial charge is 0.0444 e. The molecule has 0 saturated carbocycles. The Hall–Kier alpha value is -1.01. The van der Waals surface area contributed by atoms with Crippen molar-refractivity contribution in [1.82, 2.24) is 0 Å². The van der Waals surface area contributed by atoms with Gasteiger partial charge in [0.05, 0.1) is 0 Å². The highest BCUT2D eigenvalue weighted by Gasteiger charge is 2.03. The first-order valence-corrected chi connectivity index (χ1v) is 4.72. The Labute approximate surface area is 83.1 Å². The summed E-state index contributed by atoms with van der Waals surface area (Å²) in [5, 5.41) is 3.37. The van der Waals surface area contributed by atoms with E-state index in [1.807, 2.05) is 12.1 Å². The maximum absolute atomic E-state index is 6.09. The van der Waals surface area contributed by atoms with Gasteiger partial charge in [-0.05, 0) is 41.8 Å². The van der Waals surface area contributed by atoms with Crippen molar-refractivity contribution in [3.8, 4) is 0 Å². The van der Waals surface area contributed by atoms with Crippen LogP contribution in [0, 0.1) is 13.8 Å². The Kier molecular flexibility index (Phi) is 2.01. The van der Waals surface area contributed by atoms with Gasteiger partial charge in [0.25, 0.3) is 0 Å². The molecule has 0 amide bonds. The average molecular weight is 191 g/mol. The Morgan fingerprint density at radius 3 is 2.46 bits per heavy atom. The Bertz CT molecular complexity index is 458. The van der Waals surface area contributed by atoms with Crippen LogP contribution in [0.5, 0.6) is 0 Å². The van der Waals surface area contributed by atoms with Crippen LogP contribution in [-0.4, -0.2) is 0 Å². The van der Waals surface area contributed by atoms with Crippen molar-refractivity contribution < 1.29 is 0 Å². The minimum atomic E-state index is 0.858. The van der Waals surface area contributed by atoms with Crippen LogP contribution in [-0.2, 0) is 0 Å². The predicted octanol–water partition coefficient (Wildman–Crippen LogP) is 4.11. The number of halogens is 1. The monoisotopic (exact) mass is 190 g/mol. The molecule has 0 aliphatic rings. The van der Waals surface area contributed by atoms with E-state index < -0.39 is 0 Å². The Morgan fingerprint density at radius 2 is 1.69 bits per heavy atom. The van der Waals surface area contributed by atoms with Crippen molar-refractivity contribution in [3.63, 3.8) is 0 Å². The van der Waals surface area contributed by atoms with Gasteiger partial charge in [-0.25, -0.2) is 0 Å². The highest BCUT2D eigenvalue weighted by Crippen LogP contribution is 2.27. The summed E-state index contributed by atoms with van der Waals surface area (Å²) in [5.41, 5.74) is 2.46. The molecule has 0 bridgehead atoms. The lowest BCUT2D eigenvalue weighted by Crippen LogP contribution is -1.84. The van der Waals surface area contributed by atoms with E-state index in [2.05, 4.69) is 32.0 Å². The zero-order valence-corrected chi connectivity index (χ0v) is 8.52. The van der Waals surface area contributed by atoms with Gasteiger partial charge in [0.1, 0.15) is 0 Å². The third-order valence-corrected chi connectivity index (χ3v) is 2.96. The third kappa shape index (κ3) is 1.31. The molecular formula is C12H11Cl. The maximum Gasteiger partial charge on any atom is 0.0444 e. The molecule has 0 radical (unpaired) electrons. The average Bonchev–Trinajstić information content (AvgIpc) is 2.15. The standard InChI is InChI=1S/C12H11Cl/c1-8-9(2)12(13)7-10-5-3-4-6-11(8)10/h3-7H,1-2H3. The molecule has 0 atom stereocenters. The van der Waals surface area contributed by atoms with Crippen molar-refractivity contribution in [2.45, 2.75) is 13.8 Å². The summed E-state index contributed by atoms with van der Waals surface area (Å²) in [5.74, 6) is 0. The lowest BCUT2D eigenvalue weighted by atomic mass is 10.0. The highest BCUT2D eigenvalue weighted by atomic mass is 35.5. The van der Waals surface area contributed by atoms with Gasteiger partial charge < -0.3 is 0 Å². The molecule has 0 aliphatic carbocycles. The fourth-order valence-electron chi connectivity index (χ4n) is 1.59. The summed E-state index contributed by atoms with van der Waals surface area (Å²) < 4.78 is 0. The van der Waals surface area contributed by atoms with E-state index in [4.69, 9.17) is 11.6 Å². The first-order valence-electron chi connectivity index (χ1n) is 4.34. The lowest BCUT2D eigenvalue weighted by Gasteiger charge is -2.07. The van der Waals surface area contributed by atoms with Crippen LogP contribution in [0.15, 0.2) is 30.3 Å². The van der Waals surface area contributed by atoms with E-state index in [1.165, 1.54) is 21.9 Å². The molecule has 0 spiro atoms. The van der Waals surface area contributed by atoms with E-state index in [1.54, 1.807) is 0 Å². The maximum atomic E-state index is 6.09. The molecule has 0 unspecified atom stereocenters. The Morgan fingerprint density at radius 1 is 1.00 bits per heavy atom. The number of hydrogen-bond acceptors (Lipinski definition) is 0. The molecule has 13 heavy (non-hydrogen) atoms. The first-order chi connectivity index (χ1) is 6.20. The molecule has 0 aromatic heterocycles. The molecular weight excluding hydrogens is 180 g/mol. The molecule has 66 valence electrons. The van der Waals surface area contributed by atoms with Crippen molar-refractivity contribution in [3.05, 3.63) is 46.5 Å². The summed E-state index contributed by atoms with van der Waals surface area (Å²) in [4.78, 5) is 0. The van der Waals surface area contributed by atoms with E-state index in [9.17, 15) is 0 Å². The van der Waals surface area contributed by atoms with Crippen molar-refractivity contribution in [1.29, 1.82) is 0 Å². The molecule has 0 aliphatic heterocycles. The zero-order chi connectivity index (χ0) is 9.42. The summed E-state index contributed by atoms with van der Waals surface area (Å²) in [6.45, 7) is 4.17. The lowest BCUT2D eigenvalue weighted by molar-refractivity contribution is 1.38. The van der Waals surface area contributed by atoms with E-state index in [0.717, 1.165) is 5.02 Å². The van der Waals surface area contributed by atoms with Gasteiger partial charge in [0.15, 0.2) is 0 Å². The van der Waals surface area contributed by atoms with Crippen LogP contribution in [0.1, 0.15) is 11.1 Å². The third-order valence-electron chi connectivity index (χ3n) is 2.57. The second-order valence-corrected chi connectivity index (χ2v) is 3.74. The Balaban J connectivity index is 2.94. The van der Waals surface area contributed by atoms with Gasteiger partial charge in [-0.15, -0.1) is 0 Å². The SMILES string of the molecule is Cc1c(Cl)cc2ccccc2c1C. The molecule has 2 aromatic carbocycles. The molecule has 0 heterocycles. The van der Waals surface area contributed by atoms with Crippen LogP contribution >= 0.6 is 11.6 Å². The minimum absolute atomic E-state index is 0.858. The van der Waals surface area contributed by atoms with Gasteiger partial charge in [0, 0.05) is 5.02 Å². The molecule has 0 saturated heterocycles. The molecule has 0 fully saturated rings. The fourth-order valence-corrected chi connectivity index (χ4v) is 1.85. The molecule has 1 heteroatoms. The summed E-state index contributed by atoms with van der Waals surface area (Å²) >= 11 is 6.09. The topological polar surface area (TPSA) is 0 Å². The number of fused-ring (bicyclic) bond motifs is 1. The largest absolute Gasteiger partial charge is 0.0840 e. The van der Waals surface area contributed by atoms with E-state index >= 15 is 0 Å². The van der Waals surface area contributed by atoms with Gasteiger partial charge >= 0.3 is 0 Å². The molecule has 2 aromatic rings. The van der Waals surface area contributed by atoms with Gasteiger partial charge in [-0.2, -0.15) is 0 Å². The van der Waals surface area contributed by atoms with E-state index in [-0.39, 0.29) is 0 Å². The van der Waals surface area contributed by atoms with Crippen LogP contribution in [0.25, 0.3) is 10.8 Å². The van der Waals surface area contributed by atoms with Crippen molar-refractivity contribution in [2.24, 2.45) is 0 Å². The minimum Gasteiger partial charge on any atom is -0.0840 e. The molecule has 2 rings (SSSR count). The van der Waals surface area contributed by atoms with Gasteiger partial charge in [-0.1, -0.05) is 35.9 Å². The first kappa shape index (κ1) is 8.58. The van der Waals surface area contributed by atoms with Crippen LogP contribution in [0.2, 0.25) is 5.02 Å². The molecule has 0 N–H and O–H groups in total. The summed E-state index contributed by atoms with van der Waals surface area (Å²) in [7, 11) is 0. The number of aryl methyl sites for hydroxylation is 1. The zero-order valence-electron chi connectivity index (χ0n) is 7.76. The second kappa shape index (κ2) is 3.04. The predicted molar refractivity (Wildman–Crippen MR) is 58.4 cm³/mol. The molecule has 0 nitrogen and oxygen atoms in total. The highest BCUT2D eigenvalue weighted by molar-refractivity contribution is 6.32. The van der Waals surface area contributed by atoms with Crippen LogP contribution in [0.4, 0.5) is 0 Å². The van der Waals surface area contributed by atoms with Gasteiger partial charge in [0.2, 0.25) is 0 Å². The fraction of sp³-hybridized carbons (Fsp3) is 0.167. The second-order valence-electron chi connectivity index (χ2n) is 3.33. The summed E-state index contributed by atoms with van der Waals surface area (Å²) in [6, 6.07) is 10.3. The van der Waals surface area contributed by atoms with Crippen molar-refractivity contribution in [2.75, 3.05) is 0 Å². The normalized spacial score (nSPS) is 10.7. The van der Waals surface area contributed by atoms with E-state index in [0.29, 0.717) is 0 Å². The van der Waals surface area contributed by atoms with Gasteiger partial charge in [-0.3, -0.25) is 0 Å².